The highest BCUT2D eigenvalue weighted by Gasteiger charge is 2.14. The first-order chi connectivity index (χ1) is 8.63. The minimum Gasteiger partial charge on any atom is -0.352 e. The molecule has 0 saturated heterocycles. The number of nitrogens with two attached hydrogens (primary N) is 1. The molecule has 1 aromatic rings. The molecule has 0 aliphatic rings. The molecule has 0 radical (unpaired) electrons. The summed E-state index contributed by atoms with van der Waals surface area (Å²) in [6, 6.07) is 9.42. The minimum absolute atomic E-state index is 0.0513. The third-order valence-corrected chi connectivity index (χ3v) is 2.78. The van der Waals surface area contributed by atoms with Gasteiger partial charge in [0.2, 0.25) is 5.91 Å². The first-order valence-corrected chi connectivity index (χ1v) is 6.17. The van der Waals surface area contributed by atoms with Crippen molar-refractivity contribution < 1.29 is 9.59 Å². The largest absolute Gasteiger partial charge is 0.352 e. The van der Waals surface area contributed by atoms with Crippen LogP contribution in [0, 0.1) is 0 Å². The third kappa shape index (κ3) is 5.10. The fourth-order valence-corrected chi connectivity index (χ4v) is 1.66. The van der Waals surface area contributed by atoms with Gasteiger partial charge in [0.15, 0.2) is 0 Å². The lowest BCUT2D eigenvalue weighted by Gasteiger charge is -2.16. The Hall–Kier alpha value is -1.68. The zero-order chi connectivity index (χ0) is 13.4. The summed E-state index contributed by atoms with van der Waals surface area (Å²) in [6.45, 7) is 1.94. The summed E-state index contributed by atoms with van der Waals surface area (Å²) in [7, 11) is 0. The number of carbonyl (C=O) groups is 2. The monoisotopic (exact) mass is 248 g/mol. The summed E-state index contributed by atoms with van der Waals surface area (Å²) in [5.74, 6) is -0.261. The zero-order valence-corrected chi connectivity index (χ0v) is 10.6. The van der Waals surface area contributed by atoms with Crippen LogP contribution in [0.15, 0.2) is 30.3 Å². The molecule has 1 amide bonds. The number of benzene rings is 1. The second-order valence-electron chi connectivity index (χ2n) is 4.44. The Labute approximate surface area is 108 Å². The van der Waals surface area contributed by atoms with Crippen LogP contribution in [-0.4, -0.2) is 24.3 Å². The maximum Gasteiger partial charge on any atom is 0.237 e. The molecule has 0 aromatic heterocycles. The number of rotatable bonds is 7. The topological polar surface area (TPSA) is 72.2 Å². The van der Waals surface area contributed by atoms with Crippen LogP contribution in [0.2, 0.25) is 0 Å². The average molecular weight is 248 g/mol. The van der Waals surface area contributed by atoms with Crippen LogP contribution < -0.4 is 11.1 Å². The van der Waals surface area contributed by atoms with E-state index in [-0.39, 0.29) is 18.4 Å². The molecule has 4 nitrogen and oxygen atoms in total. The number of aryl methyl sites for hydroxylation is 1. The van der Waals surface area contributed by atoms with Crippen LogP contribution in [-0.2, 0) is 16.0 Å². The van der Waals surface area contributed by atoms with Crippen molar-refractivity contribution in [2.24, 2.45) is 5.73 Å². The average Bonchev–Trinajstić information content (AvgIpc) is 2.38. The van der Waals surface area contributed by atoms with E-state index < -0.39 is 6.04 Å². The van der Waals surface area contributed by atoms with Crippen molar-refractivity contribution in [2.45, 2.75) is 38.3 Å². The van der Waals surface area contributed by atoms with Gasteiger partial charge in [0.05, 0.1) is 6.04 Å². The van der Waals surface area contributed by atoms with Crippen LogP contribution in [0.25, 0.3) is 0 Å². The molecule has 3 N–H and O–H groups in total. The van der Waals surface area contributed by atoms with Crippen molar-refractivity contribution in [1.82, 2.24) is 5.32 Å². The third-order valence-electron chi connectivity index (χ3n) is 2.78. The van der Waals surface area contributed by atoms with E-state index in [1.54, 1.807) is 0 Å². The summed E-state index contributed by atoms with van der Waals surface area (Å²) in [4.78, 5) is 21.8. The highest BCUT2D eigenvalue weighted by molar-refractivity contribution is 5.83. The molecule has 0 heterocycles. The number of hydrogen-bond acceptors (Lipinski definition) is 3. The fraction of sp³-hybridized carbons (Fsp3) is 0.429. The van der Waals surface area contributed by atoms with Gasteiger partial charge in [-0.25, -0.2) is 0 Å². The van der Waals surface area contributed by atoms with Gasteiger partial charge in [-0.2, -0.15) is 0 Å². The van der Waals surface area contributed by atoms with Gasteiger partial charge in [-0.15, -0.1) is 0 Å². The van der Waals surface area contributed by atoms with Crippen LogP contribution in [0.1, 0.15) is 25.3 Å². The van der Waals surface area contributed by atoms with Crippen LogP contribution >= 0.6 is 0 Å². The normalized spacial score (nSPS) is 13.7. The Kier molecular flexibility index (Phi) is 6.08. The highest BCUT2D eigenvalue weighted by Crippen LogP contribution is 2.04. The Morgan fingerprint density at radius 1 is 1.39 bits per heavy atom. The van der Waals surface area contributed by atoms with Crippen molar-refractivity contribution in [3.8, 4) is 0 Å². The standard InChI is InChI=1S/C14H20N2O2/c1-11(16-14(18)13(15)9-10-17)7-8-12-5-3-2-4-6-12/h2-6,10-11,13H,7-9,15H2,1H3,(H,16,18). The van der Waals surface area contributed by atoms with E-state index >= 15 is 0 Å². The molecule has 0 saturated carbocycles. The molecule has 0 bridgehead atoms. The quantitative estimate of drug-likeness (QED) is 0.708. The number of aldehydes is 1. The SMILES string of the molecule is CC(CCc1ccccc1)NC(=O)C(N)CC=O. The molecule has 18 heavy (non-hydrogen) atoms. The van der Waals surface area contributed by atoms with E-state index in [0.717, 1.165) is 12.8 Å². The summed E-state index contributed by atoms with van der Waals surface area (Å²) in [5, 5.41) is 2.81. The molecule has 2 atom stereocenters. The second kappa shape index (κ2) is 7.61. The van der Waals surface area contributed by atoms with Gasteiger partial charge in [-0.05, 0) is 25.3 Å². The van der Waals surface area contributed by atoms with Crippen LogP contribution in [0.3, 0.4) is 0 Å². The summed E-state index contributed by atoms with van der Waals surface area (Å²) >= 11 is 0. The van der Waals surface area contributed by atoms with Gasteiger partial charge >= 0.3 is 0 Å². The van der Waals surface area contributed by atoms with Gasteiger partial charge in [0, 0.05) is 12.5 Å². The Balaban J connectivity index is 2.31. The summed E-state index contributed by atoms with van der Waals surface area (Å²) < 4.78 is 0. The van der Waals surface area contributed by atoms with Gasteiger partial charge in [0.25, 0.3) is 0 Å². The lowest BCUT2D eigenvalue weighted by Crippen LogP contribution is -2.44. The zero-order valence-electron chi connectivity index (χ0n) is 10.6. The first kappa shape index (κ1) is 14.4. The molecular formula is C14H20N2O2. The van der Waals surface area contributed by atoms with E-state index in [1.165, 1.54) is 5.56 Å². The Morgan fingerprint density at radius 3 is 2.67 bits per heavy atom. The van der Waals surface area contributed by atoms with Crippen molar-refractivity contribution in [3.05, 3.63) is 35.9 Å². The highest BCUT2D eigenvalue weighted by atomic mass is 16.2. The first-order valence-electron chi connectivity index (χ1n) is 6.17. The molecule has 0 aliphatic heterocycles. The molecule has 0 aliphatic carbocycles. The molecular weight excluding hydrogens is 228 g/mol. The number of carbonyl (C=O) groups excluding carboxylic acids is 2. The van der Waals surface area contributed by atoms with Crippen molar-refractivity contribution in [2.75, 3.05) is 0 Å². The molecule has 0 spiro atoms. The van der Waals surface area contributed by atoms with E-state index in [4.69, 9.17) is 5.73 Å². The maximum atomic E-state index is 11.6. The van der Waals surface area contributed by atoms with Gasteiger partial charge in [0.1, 0.15) is 6.29 Å². The van der Waals surface area contributed by atoms with E-state index in [1.807, 2.05) is 25.1 Å². The van der Waals surface area contributed by atoms with E-state index in [0.29, 0.717) is 6.29 Å². The molecule has 98 valence electrons. The summed E-state index contributed by atoms with van der Waals surface area (Å²) in [6.07, 6.45) is 2.49. The Bertz CT molecular complexity index is 379. The van der Waals surface area contributed by atoms with E-state index in [9.17, 15) is 9.59 Å². The Morgan fingerprint density at radius 2 is 2.06 bits per heavy atom. The fourth-order valence-electron chi connectivity index (χ4n) is 1.66. The van der Waals surface area contributed by atoms with Crippen LogP contribution in [0.4, 0.5) is 0 Å². The van der Waals surface area contributed by atoms with Gasteiger partial charge in [-0.1, -0.05) is 30.3 Å². The molecule has 1 aromatic carbocycles. The number of nitrogens with one attached hydrogen (secondary N) is 1. The van der Waals surface area contributed by atoms with Crippen LogP contribution in [0.5, 0.6) is 0 Å². The molecule has 1 rings (SSSR count). The number of amides is 1. The molecule has 0 fully saturated rings. The predicted molar refractivity (Wildman–Crippen MR) is 71.0 cm³/mol. The molecule has 4 heteroatoms. The van der Waals surface area contributed by atoms with E-state index in [2.05, 4.69) is 17.4 Å². The maximum absolute atomic E-state index is 11.6. The molecule has 2 unspecified atom stereocenters. The van der Waals surface area contributed by atoms with Gasteiger partial charge in [-0.3, -0.25) is 4.79 Å². The van der Waals surface area contributed by atoms with Crippen molar-refractivity contribution in [1.29, 1.82) is 0 Å². The lowest BCUT2D eigenvalue weighted by atomic mass is 10.1. The smallest absolute Gasteiger partial charge is 0.237 e. The minimum atomic E-state index is -0.735. The van der Waals surface area contributed by atoms with Gasteiger partial charge < -0.3 is 15.8 Å². The van der Waals surface area contributed by atoms with Crippen molar-refractivity contribution in [3.63, 3.8) is 0 Å². The van der Waals surface area contributed by atoms with Crippen molar-refractivity contribution >= 4 is 12.2 Å². The summed E-state index contributed by atoms with van der Waals surface area (Å²) in [5.41, 5.74) is 6.79. The predicted octanol–water partition coefficient (Wildman–Crippen LogP) is 1.04. The number of hydrogen-bond donors (Lipinski definition) is 2. The second-order valence-corrected chi connectivity index (χ2v) is 4.44. The lowest BCUT2D eigenvalue weighted by molar-refractivity contribution is -0.124.